The van der Waals surface area contributed by atoms with Gasteiger partial charge in [0.05, 0.1) is 27.8 Å². The summed E-state index contributed by atoms with van der Waals surface area (Å²) in [6.07, 6.45) is 5.89. The summed E-state index contributed by atoms with van der Waals surface area (Å²) in [7, 11) is 0. The van der Waals surface area contributed by atoms with Crippen molar-refractivity contribution in [1.29, 1.82) is 0 Å². The van der Waals surface area contributed by atoms with Gasteiger partial charge in [-0.2, -0.15) is 0 Å². The molecule has 0 saturated carbocycles. The topological polar surface area (TPSA) is 35.6 Å². The number of hydrogen-bond donors (Lipinski definition) is 0. The predicted octanol–water partition coefficient (Wildman–Crippen LogP) is 11.9. The molecule has 3 heterocycles. The molecule has 0 radical (unpaired) electrons. The highest BCUT2D eigenvalue weighted by Gasteiger charge is 2.21. The minimum Gasteiger partial charge on any atom is -0.310 e. The minimum absolute atomic E-state index is 0.252. The van der Waals surface area contributed by atoms with E-state index in [-0.39, 0.29) is 5.92 Å². The molecule has 1 aliphatic rings. The van der Waals surface area contributed by atoms with E-state index in [2.05, 4.69) is 197 Å². The monoisotopic (exact) mass is 740 g/mol. The average Bonchev–Trinajstić information content (AvgIpc) is 3.82. The highest BCUT2D eigenvalue weighted by atomic mass is 15.0. The minimum atomic E-state index is 0.252. The summed E-state index contributed by atoms with van der Waals surface area (Å²) < 4.78 is 4.84. The van der Waals surface area contributed by atoms with Crippen LogP contribution in [0.2, 0.25) is 0 Å². The van der Waals surface area contributed by atoms with Gasteiger partial charge in [-0.25, -0.2) is 9.97 Å². The van der Waals surface area contributed by atoms with Crippen LogP contribution in [0.4, 0.5) is 0 Å². The van der Waals surface area contributed by atoms with E-state index < -0.39 is 0 Å². The van der Waals surface area contributed by atoms with Crippen molar-refractivity contribution in [3.05, 3.63) is 204 Å². The van der Waals surface area contributed by atoms with Crippen molar-refractivity contribution in [2.45, 2.75) is 12.3 Å². The summed E-state index contributed by atoms with van der Waals surface area (Å²) in [5.41, 5.74) is 11.2. The van der Waals surface area contributed by atoms with E-state index in [9.17, 15) is 0 Å². The summed E-state index contributed by atoms with van der Waals surface area (Å²) >= 11 is 0. The van der Waals surface area contributed by atoms with Gasteiger partial charge >= 0.3 is 0 Å². The summed E-state index contributed by atoms with van der Waals surface area (Å²) in [5, 5.41) is 10.00. The van der Waals surface area contributed by atoms with Gasteiger partial charge in [0.25, 0.3) is 0 Å². The number of benzene rings is 8. The Balaban J connectivity index is 1.00. The van der Waals surface area contributed by atoms with Gasteiger partial charge in [-0.3, -0.25) is 0 Å². The van der Waals surface area contributed by atoms with Crippen LogP contribution in [0.5, 0.6) is 0 Å². The van der Waals surface area contributed by atoms with E-state index >= 15 is 0 Å². The quantitative estimate of drug-likeness (QED) is 0.176. The average molecular weight is 741 g/mol. The maximum absolute atomic E-state index is 5.14. The Morgan fingerprint density at radius 3 is 1.98 bits per heavy atom. The first-order valence-corrected chi connectivity index (χ1v) is 20.0. The molecule has 1 aliphatic carbocycles. The molecule has 1 unspecified atom stereocenters. The first-order chi connectivity index (χ1) is 28.8. The summed E-state index contributed by atoms with van der Waals surface area (Å²) in [6, 6.07) is 67.4. The Morgan fingerprint density at radius 2 is 1.14 bits per heavy atom. The number of hydrogen-bond acceptors (Lipinski definition) is 2. The SMILES string of the molecule is C1=c2c(n(-c3ccccc3)c3ccccc23)=CCC1c1ccc2c(c1)c1c3ccccc3ccc1n2-c1ccc(-c2nc(-c3ccccc3)c3ccccc3n2)cc1. The molecule has 4 heteroatoms. The summed E-state index contributed by atoms with van der Waals surface area (Å²) in [5.74, 6) is 0.972. The van der Waals surface area contributed by atoms with Crippen LogP contribution in [-0.2, 0) is 0 Å². The van der Waals surface area contributed by atoms with Crippen molar-refractivity contribution >= 4 is 66.5 Å². The molecule has 0 saturated heterocycles. The lowest BCUT2D eigenvalue weighted by molar-refractivity contribution is 0.909. The fraction of sp³-hybridized carbons (Fsp3) is 0.0370. The van der Waals surface area contributed by atoms with Crippen LogP contribution in [0.15, 0.2) is 188 Å². The number of para-hydroxylation sites is 3. The van der Waals surface area contributed by atoms with Crippen LogP contribution < -0.4 is 10.6 Å². The third-order valence-corrected chi connectivity index (χ3v) is 12.0. The van der Waals surface area contributed by atoms with E-state index in [1.165, 1.54) is 65.3 Å². The van der Waals surface area contributed by atoms with E-state index in [1.54, 1.807) is 0 Å². The zero-order valence-electron chi connectivity index (χ0n) is 31.6. The van der Waals surface area contributed by atoms with Crippen molar-refractivity contribution in [2.75, 3.05) is 0 Å². The van der Waals surface area contributed by atoms with Gasteiger partial charge < -0.3 is 9.13 Å². The van der Waals surface area contributed by atoms with Crippen LogP contribution in [0.1, 0.15) is 17.9 Å². The molecule has 11 aromatic rings. The molecule has 272 valence electrons. The van der Waals surface area contributed by atoms with Crippen LogP contribution in [0.3, 0.4) is 0 Å². The number of aromatic nitrogens is 4. The van der Waals surface area contributed by atoms with Gasteiger partial charge in [-0.15, -0.1) is 0 Å². The first kappa shape index (κ1) is 32.7. The lowest BCUT2D eigenvalue weighted by Gasteiger charge is -2.15. The normalized spacial score (nSPS) is 13.9. The van der Waals surface area contributed by atoms with E-state index in [0.717, 1.165) is 45.7 Å². The number of nitrogens with zero attached hydrogens (tertiary/aromatic N) is 4. The van der Waals surface area contributed by atoms with Gasteiger partial charge in [-0.05, 0) is 89.5 Å². The van der Waals surface area contributed by atoms with E-state index in [4.69, 9.17) is 9.97 Å². The third kappa shape index (κ3) is 5.08. The van der Waals surface area contributed by atoms with Crippen molar-refractivity contribution in [2.24, 2.45) is 0 Å². The zero-order valence-corrected chi connectivity index (χ0v) is 31.6. The molecular weight excluding hydrogens is 705 g/mol. The molecule has 0 amide bonds. The van der Waals surface area contributed by atoms with Crippen molar-refractivity contribution < 1.29 is 0 Å². The Bertz CT molecular complexity index is 3520. The van der Waals surface area contributed by atoms with Crippen molar-refractivity contribution in [3.8, 4) is 34.0 Å². The maximum Gasteiger partial charge on any atom is 0.160 e. The van der Waals surface area contributed by atoms with Crippen LogP contribution >= 0.6 is 0 Å². The highest BCUT2D eigenvalue weighted by Crippen LogP contribution is 2.39. The summed E-state index contributed by atoms with van der Waals surface area (Å²) in [4.78, 5) is 10.2. The zero-order chi connectivity index (χ0) is 38.2. The van der Waals surface area contributed by atoms with Crippen LogP contribution in [-0.4, -0.2) is 19.1 Å². The molecule has 0 spiro atoms. The molecule has 0 bridgehead atoms. The first-order valence-electron chi connectivity index (χ1n) is 20.0. The van der Waals surface area contributed by atoms with Gasteiger partial charge in [0, 0.05) is 60.5 Å². The van der Waals surface area contributed by atoms with Gasteiger partial charge in [0.2, 0.25) is 0 Å². The Kier molecular flexibility index (Phi) is 7.32. The second-order valence-corrected chi connectivity index (χ2v) is 15.3. The molecule has 12 rings (SSSR count). The van der Waals surface area contributed by atoms with Crippen LogP contribution in [0, 0.1) is 0 Å². The summed E-state index contributed by atoms with van der Waals surface area (Å²) in [6.45, 7) is 0. The van der Waals surface area contributed by atoms with E-state index in [0.29, 0.717) is 0 Å². The van der Waals surface area contributed by atoms with E-state index in [1.807, 2.05) is 12.1 Å². The molecule has 0 N–H and O–H groups in total. The van der Waals surface area contributed by atoms with Gasteiger partial charge in [0.1, 0.15) is 0 Å². The Hall–Kier alpha value is -7.56. The fourth-order valence-electron chi connectivity index (χ4n) is 9.35. The molecule has 0 aliphatic heterocycles. The Labute approximate surface area is 334 Å². The van der Waals surface area contributed by atoms with Crippen molar-refractivity contribution in [1.82, 2.24) is 19.1 Å². The maximum atomic E-state index is 5.14. The lowest BCUT2D eigenvalue weighted by atomic mass is 9.90. The molecule has 8 aromatic carbocycles. The second-order valence-electron chi connectivity index (χ2n) is 15.3. The molecule has 0 fully saturated rings. The number of fused-ring (bicyclic) bond motifs is 9. The predicted molar refractivity (Wildman–Crippen MR) is 241 cm³/mol. The van der Waals surface area contributed by atoms with Gasteiger partial charge in [-0.1, -0.05) is 133 Å². The largest absolute Gasteiger partial charge is 0.310 e. The third-order valence-electron chi connectivity index (χ3n) is 12.0. The lowest BCUT2D eigenvalue weighted by Crippen LogP contribution is -2.31. The standard InChI is InChI=1S/C54H36N4/c1-3-14-36(15-4-1)53-44-20-9-11-21-47(44)55-54(56-53)37-23-28-41(29-24-37)58-50-31-27-39(34-46(50)52-42-18-8-7-13-35(42)25-32-51(52)58)38-26-30-49-45(33-38)43-19-10-12-22-48(43)57(49)40-16-5-2-6-17-40/h1-25,27-34,38H,26H2. The van der Waals surface area contributed by atoms with Gasteiger partial charge in [0.15, 0.2) is 5.82 Å². The fourth-order valence-corrected chi connectivity index (χ4v) is 9.35. The highest BCUT2D eigenvalue weighted by molar-refractivity contribution is 6.21. The molecule has 3 aromatic heterocycles. The van der Waals surface area contributed by atoms with Crippen molar-refractivity contribution in [3.63, 3.8) is 0 Å². The molecule has 1 atom stereocenters. The second kappa shape index (κ2) is 13.0. The van der Waals surface area contributed by atoms with Crippen LogP contribution in [0.25, 0.3) is 101 Å². The smallest absolute Gasteiger partial charge is 0.160 e. The Morgan fingerprint density at radius 1 is 0.466 bits per heavy atom. The molecule has 58 heavy (non-hydrogen) atoms. The molecular formula is C54H36N4. The molecule has 4 nitrogen and oxygen atoms in total. The number of rotatable bonds is 5.